The van der Waals surface area contributed by atoms with Gasteiger partial charge in [0.1, 0.15) is 0 Å². The lowest BCUT2D eigenvalue weighted by Crippen LogP contribution is -2.19. The van der Waals surface area contributed by atoms with Gasteiger partial charge in [0.15, 0.2) is 16.2 Å². The van der Waals surface area contributed by atoms with E-state index in [0.717, 1.165) is 13.0 Å². The van der Waals surface area contributed by atoms with Gasteiger partial charge in [-0.15, -0.1) is 0 Å². The van der Waals surface area contributed by atoms with E-state index >= 15 is 0 Å². The van der Waals surface area contributed by atoms with E-state index in [2.05, 4.69) is 33.2 Å². The third-order valence-electron chi connectivity index (χ3n) is 2.41. The van der Waals surface area contributed by atoms with Gasteiger partial charge in [-0.05, 0) is 48.0 Å². The lowest BCUT2D eigenvalue weighted by atomic mass is 10.3. The zero-order chi connectivity index (χ0) is 12.3. The minimum Gasteiger partial charge on any atom is -0.446 e. The molecule has 0 aliphatic heterocycles. The van der Waals surface area contributed by atoms with Gasteiger partial charge >= 0.3 is 0 Å². The van der Waals surface area contributed by atoms with Crippen molar-refractivity contribution in [1.29, 1.82) is 0 Å². The minimum absolute atomic E-state index is 0.113. The summed E-state index contributed by atoms with van der Waals surface area (Å²) >= 11 is 3.26. The van der Waals surface area contributed by atoms with Crippen molar-refractivity contribution in [2.75, 3.05) is 6.54 Å². The predicted octanol–water partition coefficient (Wildman–Crippen LogP) is 3.76. The van der Waals surface area contributed by atoms with E-state index in [1.807, 2.05) is 19.1 Å². The highest BCUT2D eigenvalue weighted by Gasteiger charge is 2.14. The zero-order valence-electron chi connectivity index (χ0n) is 9.87. The molecule has 0 fully saturated rings. The quantitative estimate of drug-likeness (QED) is 0.913. The van der Waals surface area contributed by atoms with Crippen LogP contribution in [0.5, 0.6) is 0 Å². The Balaban J connectivity index is 2.10. The molecular weight excluding hydrogens is 284 g/mol. The van der Waals surface area contributed by atoms with Gasteiger partial charge in [-0.3, -0.25) is 0 Å². The summed E-state index contributed by atoms with van der Waals surface area (Å²) in [5, 5.41) is 3.32. The smallest absolute Gasteiger partial charge is 0.211 e. The molecular formula is C12H15BrN2O2. The van der Waals surface area contributed by atoms with Gasteiger partial charge in [-0.1, -0.05) is 6.92 Å². The van der Waals surface area contributed by atoms with Crippen LogP contribution in [0.2, 0.25) is 0 Å². The Morgan fingerprint density at radius 2 is 2.18 bits per heavy atom. The molecule has 2 aromatic rings. The highest BCUT2D eigenvalue weighted by atomic mass is 79.9. The normalized spacial score (nSPS) is 12.9. The maximum absolute atomic E-state index is 5.65. The molecule has 0 spiro atoms. The van der Waals surface area contributed by atoms with E-state index in [1.165, 1.54) is 0 Å². The molecule has 0 saturated carbocycles. The van der Waals surface area contributed by atoms with Crippen LogP contribution in [0.3, 0.4) is 0 Å². The Hall–Kier alpha value is -1.07. The standard InChI is InChI=1S/C12H15BrN2O2/c1-3-6-14-8(2)12-15-7-10(17-12)9-4-5-11(13)16-9/h4-5,7-8,14H,3,6H2,1-2H3. The molecule has 1 N–H and O–H groups in total. The minimum atomic E-state index is 0.113. The van der Waals surface area contributed by atoms with Gasteiger partial charge in [0.25, 0.3) is 0 Å². The summed E-state index contributed by atoms with van der Waals surface area (Å²) in [6, 6.07) is 3.79. The molecule has 0 saturated heterocycles. The van der Waals surface area contributed by atoms with Gasteiger partial charge in [0.2, 0.25) is 5.89 Å². The summed E-state index contributed by atoms with van der Waals surface area (Å²) in [5.41, 5.74) is 0. The first-order valence-electron chi connectivity index (χ1n) is 5.65. The van der Waals surface area contributed by atoms with E-state index in [4.69, 9.17) is 8.83 Å². The summed E-state index contributed by atoms with van der Waals surface area (Å²) in [6.07, 6.45) is 2.77. The van der Waals surface area contributed by atoms with E-state index < -0.39 is 0 Å². The van der Waals surface area contributed by atoms with E-state index in [-0.39, 0.29) is 6.04 Å². The molecule has 2 heterocycles. The molecule has 0 aliphatic rings. The van der Waals surface area contributed by atoms with Crippen LogP contribution in [0.4, 0.5) is 0 Å². The van der Waals surface area contributed by atoms with Gasteiger partial charge in [-0.2, -0.15) is 0 Å². The topological polar surface area (TPSA) is 51.2 Å². The van der Waals surface area contributed by atoms with Gasteiger partial charge in [0.05, 0.1) is 12.2 Å². The lowest BCUT2D eigenvalue weighted by Gasteiger charge is -2.08. The molecule has 2 aromatic heterocycles. The molecule has 0 aromatic carbocycles. The van der Waals surface area contributed by atoms with Crippen LogP contribution >= 0.6 is 15.9 Å². The molecule has 1 atom stereocenters. The van der Waals surface area contributed by atoms with Crippen molar-refractivity contribution in [3.05, 3.63) is 28.9 Å². The van der Waals surface area contributed by atoms with Crippen LogP contribution in [0.1, 0.15) is 32.2 Å². The maximum Gasteiger partial charge on any atom is 0.211 e. The number of hydrogen-bond acceptors (Lipinski definition) is 4. The number of nitrogens with one attached hydrogen (secondary N) is 1. The fourth-order valence-electron chi connectivity index (χ4n) is 1.50. The SMILES string of the molecule is CCCNC(C)c1ncc(-c2ccc(Br)o2)o1. The fraction of sp³-hybridized carbons (Fsp3) is 0.417. The molecule has 0 radical (unpaired) electrons. The van der Waals surface area contributed by atoms with Crippen molar-refractivity contribution in [2.24, 2.45) is 0 Å². The Labute approximate surface area is 109 Å². The average molecular weight is 299 g/mol. The third-order valence-corrected chi connectivity index (χ3v) is 2.84. The molecule has 92 valence electrons. The number of furan rings is 1. The van der Waals surface area contributed by atoms with Crippen molar-refractivity contribution < 1.29 is 8.83 Å². The first-order valence-corrected chi connectivity index (χ1v) is 6.45. The summed E-state index contributed by atoms with van der Waals surface area (Å²) < 4.78 is 11.7. The average Bonchev–Trinajstić information content (AvgIpc) is 2.93. The second kappa shape index (κ2) is 5.51. The van der Waals surface area contributed by atoms with Crippen molar-refractivity contribution in [3.63, 3.8) is 0 Å². The molecule has 0 aliphatic carbocycles. The Morgan fingerprint density at radius 1 is 1.35 bits per heavy atom. The number of halogens is 1. The molecule has 17 heavy (non-hydrogen) atoms. The number of hydrogen-bond donors (Lipinski definition) is 1. The highest BCUT2D eigenvalue weighted by molar-refractivity contribution is 9.10. The van der Waals surface area contributed by atoms with Gasteiger partial charge in [-0.25, -0.2) is 4.98 Å². The fourth-order valence-corrected chi connectivity index (χ4v) is 1.80. The van der Waals surface area contributed by atoms with Gasteiger partial charge < -0.3 is 14.2 Å². The van der Waals surface area contributed by atoms with Crippen LogP contribution in [0, 0.1) is 0 Å². The van der Waals surface area contributed by atoms with Crippen molar-refractivity contribution in [3.8, 4) is 11.5 Å². The molecule has 1 unspecified atom stereocenters. The summed E-state index contributed by atoms with van der Waals surface area (Å²) in [6.45, 7) is 5.11. The number of nitrogens with zero attached hydrogens (tertiary/aromatic N) is 1. The molecule has 2 rings (SSSR count). The van der Waals surface area contributed by atoms with Crippen LogP contribution in [-0.4, -0.2) is 11.5 Å². The summed E-state index contributed by atoms with van der Waals surface area (Å²) in [4.78, 5) is 4.25. The van der Waals surface area contributed by atoms with E-state index in [1.54, 1.807) is 6.20 Å². The first kappa shape index (κ1) is 12.4. The summed E-state index contributed by atoms with van der Waals surface area (Å²) in [7, 11) is 0. The Bertz CT molecular complexity index is 478. The monoisotopic (exact) mass is 298 g/mol. The van der Waals surface area contributed by atoms with Crippen LogP contribution in [-0.2, 0) is 0 Å². The second-order valence-electron chi connectivity index (χ2n) is 3.84. The van der Waals surface area contributed by atoms with Gasteiger partial charge in [0, 0.05) is 0 Å². The molecule has 4 nitrogen and oxygen atoms in total. The molecule has 0 bridgehead atoms. The van der Waals surface area contributed by atoms with Crippen molar-refractivity contribution >= 4 is 15.9 Å². The first-order chi connectivity index (χ1) is 8.20. The zero-order valence-corrected chi connectivity index (χ0v) is 11.5. The van der Waals surface area contributed by atoms with Crippen molar-refractivity contribution in [1.82, 2.24) is 10.3 Å². The van der Waals surface area contributed by atoms with E-state index in [0.29, 0.717) is 22.1 Å². The lowest BCUT2D eigenvalue weighted by molar-refractivity contribution is 0.414. The van der Waals surface area contributed by atoms with Crippen LogP contribution < -0.4 is 5.32 Å². The van der Waals surface area contributed by atoms with Crippen molar-refractivity contribution in [2.45, 2.75) is 26.3 Å². The van der Waals surface area contributed by atoms with E-state index in [9.17, 15) is 0 Å². The Kier molecular flexibility index (Phi) is 4.02. The van der Waals surface area contributed by atoms with Crippen LogP contribution in [0.25, 0.3) is 11.5 Å². The third kappa shape index (κ3) is 2.98. The number of rotatable bonds is 5. The molecule has 0 amide bonds. The molecule has 5 heteroatoms. The summed E-state index contributed by atoms with van der Waals surface area (Å²) in [5.74, 6) is 2.01. The highest BCUT2D eigenvalue weighted by Crippen LogP contribution is 2.26. The Morgan fingerprint density at radius 3 is 2.82 bits per heavy atom. The second-order valence-corrected chi connectivity index (χ2v) is 4.62. The largest absolute Gasteiger partial charge is 0.446 e. The number of aromatic nitrogens is 1. The number of oxazole rings is 1. The predicted molar refractivity (Wildman–Crippen MR) is 68.6 cm³/mol. The maximum atomic E-state index is 5.65. The van der Waals surface area contributed by atoms with Crippen LogP contribution in [0.15, 0.2) is 31.8 Å².